The topological polar surface area (TPSA) is 78.6 Å². The lowest BCUT2D eigenvalue weighted by molar-refractivity contribution is -0.205. The van der Waals surface area contributed by atoms with Crippen molar-refractivity contribution in [1.82, 2.24) is 10.1 Å². The Hall–Kier alpha value is -1.77. The zero-order valence-corrected chi connectivity index (χ0v) is 11.3. The van der Waals surface area contributed by atoms with E-state index in [1.54, 1.807) is 13.8 Å². The number of amides is 2. The summed E-state index contributed by atoms with van der Waals surface area (Å²) in [5.74, 6) is 0.361. The summed E-state index contributed by atoms with van der Waals surface area (Å²) in [6.45, 7) is 2.51. The van der Waals surface area contributed by atoms with E-state index in [-0.39, 0.29) is 0 Å². The summed E-state index contributed by atoms with van der Waals surface area (Å²) in [6.07, 6.45) is -6.86. The Bertz CT molecular complexity index is 473. The van der Waals surface area contributed by atoms with E-state index >= 15 is 0 Å². The second-order valence-electron chi connectivity index (χ2n) is 4.28. The number of aromatic nitrogens is 1. The molecule has 0 aromatic carbocycles. The Morgan fingerprint density at radius 3 is 2.65 bits per heavy atom. The third kappa shape index (κ3) is 3.86. The fourth-order valence-electron chi connectivity index (χ4n) is 1.47. The first kappa shape index (κ1) is 16.3. The molecule has 0 saturated heterocycles. The van der Waals surface area contributed by atoms with Crippen LogP contribution >= 0.6 is 0 Å². The maximum absolute atomic E-state index is 12.2. The van der Waals surface area contributed by atoms with Crippen LogP contribution in [0.4, 0.5) is 23.7 Å². The minimum atomic E-state index is -4.77. The molecular weight excluding hydrogens is 279 g/mol. The summed E-state index contributed by atoms with van der Waals surface area (Å²) < 4.78 is 41.5. The molecular formula is C11H16F3N3O3. The molecule has 114 valence electrons. The smallest absolute Gasteiger partial charge is 0.382 e. The van der Waals surface area contributed by atoms with Crippen molar-refractivity contribution in [3.05, 3.63) is 11.5 Å². The number of likely N-dealkylation sites (N-methyl/N-ethyl adjacent to an activating group) is 1. The average molecular weight is 295 g/mol. The number of hydrogen-bond acceptors (Lipinski definition) is 4. The van der Waals surface area contributed by atoms with Crippen LogP contribution in [0, 0.1) is 6.92 Å². The van der Waals surface area contributed by atoms with Crippen LogP contribution in [0.2, 0.25) is 0 Å². The van der Waals surface area contributed by atoms with E-state index in [9.17, 15) is 18.0 Å². The lowest BCUT2D eigenvalue weighted by Crippen LogP contribution is -2.43. The number of alkyl halides is 3. The molecule has 2 N–H and O–H groups in total. The van der Waals surface area contributed by atoms with Crippen molar-refractivity contribution in [3.8, 4) is 0 Å². The van der Waals surface area contributed by atoms with Crippen molar-refractivity contribution in [2.24, 2.45) is 0 Å². The Morgan fingerprint density at radius 2 is 2.15 bits per heavy atom. The average Bonchev–Trinajstić information content (AvgIpc) is 2.69. The van der Waals surface area contributed by atoms with Gasteiger partial charge in [0.1, 0.15) is 11.4 Å². The van der Waals surface area contributed by atoms with Gasteiger partial charge in [0.15, 0.2) is 11.9 Å². The van der Waals surface area contributed by atoms with E-state index in [0.717, 1.165) is 11.9 Å². The molecule has 0 saturated carbocycles. The zero-order chi connectivity index (χ0) is 15.5. The van der Waals surface area contributed by atoms with Crippen LogP contribution in [-0.2, 0) is 6.42 Å². The zero-order valence-electron chi connectivity index (χ0n) is 11.3. The fourth-order valence-corrected chi connectivity index (χ4v) is 1.47. The molecule has 0 radical (unpaired) electrons. The largest absolute Gasteiger partial charge is 0.416 e. The van der Waals surface area contributed by atoms with Gasteiger partial charge in [-0.2, -0.15) is 13.2 Å². The summed E-state index contributed by atoms with van der Waals surface area (Å²) in [5, 5.41) is 15.0. The summed E-state index contributed by atoms with van der Waals surface area (Å²) in [7, 11) is 1.15. The highest BCUT2D eigenvalue weighted by molar-refractivity contribution is 5.90. The van der Waals surface area contributed by atoms with Crippen LogP contribution < -0.4 is 5.32 Å². The molecule has 0 bridgehead atoms. The number of halogens is 3. The Morgan fingerprint density at radius 1 is 1.55 bits per heavy atom. The van der Waals surface area contributed by atoms with Crippen LogP contribution in [0.5, 0.6) is 0 Å². The lowest BCUT2D eigenvalue weighted by Gasteiger charge is -2.22. The van der Waals surface area contributed by atoms with E-state index < -0.39 is 24.9 Å². The summed E-state index contributed by atoms with van der Waals surface area (Å²) in [5.41, 5.74) is 0.839. The van der Waals surface area contributed by atoms with Gasteiger partial charge in [-0.1, -0.05) is 12.1 Å². The number of nitrogens with zero attached hydrogens (tertiary/aromatic N) is 2. The molecule has 2 amide bonds. The van der Waals surface area contributed by atoms with E-state index in [1.165, 1.54) is 0 Å². The minimum Gasteiger partial charge on any atom is -0.382 e. The molecule has 9 heteroatoms. The van der Waals surface area contributed by atoms with E-state index in [2.05, 4.69) is 10.5 Å². The highest BCUT2D eigenvalue weighted by atomic mass is 19.4. The summed E-state index contributed by atoms with van der Waals surface area (Å²) >= 11 is 0. The van der Waals surface area contributed by atoms with E-state index in [0.29, 0.717) is 23.6 Å². The minimum absolute atomic E-state index is 0.339. The van der Waals surface area contributed by atoms with Gasteiger partial charge in [-0.3, -0.25) is 0 Å². The van der Waals surface area contributed by atoms with Crippen LogP contribution in [0.3, 0.4) is 0 Å². The second-order valence-corrected chi connectivity index (χ2v) is 4.28. The lowest BCUT2D eigenvalue weighted by atomic mass is 10.2. The van der Waals surface area contributed by atoms with Crippen molar-refractivity contribution in [2.45, 2.75) is 32.5 Å². The molecule has 1 aromatic heterocycles. The van der Waals surface area contributed by atoms with Gasteiger partial charge in [-0.05, 0) is 13.3 Å². The van der Waals surface area contributed by atoms with Gasteiger partial charge >= 0.3 is 12.2 Å². The third-order valence-corrected chi connectivity index (χ3v) is 2.67. The van der Waals surface area contributed by atoms with Crippen molar-refractivity contribution >= 4 is 11.7 Å². The van der Waals surface area contributed by atoms with Crippen LogP contribution in [0.15, 0.2) is 4.52 Å². The first-order valence-corrected chi connectivity index (χ1v) is 5.88. The first-order valence-electron chi connectivity index (χ1n) is 5.88. The predicted octanol–water partition coefficient (Wildman–Crippen LogP) is 1.93. The molecule has 0 aliphatic carbocycles. The number of nitrogens with one attached hydrogen (secondary N) is 1. The number of aliphatic hydroxyl groups excluding tert-OH is 1. The van der Waals surface area contributed by atoms with Crippen molar-refractivity contribution in [1.29, 1.82) is 0 Å². The molecule has 0 fully saturated rings. The summed E-state index contributed by atoms with van der Waals surface area (Å²) in [4.78, 5) is 12.5. The van der Waals surface area contributed by atoms with Gasteiger partial charge in [0.25, 0.3) is 0 Å². The standard InChI is InChI=1S/C11H16F3N3O3/c1-4-7-9(6(2)20-16-7)15-10(19)17(3)5-8(18)11(12,13)14/h8,18H,4-5H2,1-3H3,(H,15,19). The van der Waals surface area contributed by atoms with Gasteiger partial charge in [-0.15, -0.1) is 0 Å². The highest BCUT2D eigenvalue weighted by Gasteiger charge is 2.39. The van der Waals surface area contributed by atoms with Gasteiger partial charge in [0, 0.05) is 7.05 Å². The van der Waals surface area contributed by atoms with Crippen molar-refractivity contribution < 1.29 is 27.6 Å². The molecule has 1 heterocycles. The quantitative estimate of drug-likeness (QED) is 0.889. The molecule has 1 rings (SSSR count). The van der Waals surface area contributed by atoms with Gasteiger partial charge in [-0.25, -0.2) is 4.79 Å². The molecule has 1 unspecified atom stereocenters. The Balaban J connectivity index is 2.69. The maximum atomic E-state index is 12.2. The molecule has 0 spiro atoms. The van der Waals surface area contributed by atoms with Crippen molar-refractivity contribution in [2.75, 3.05) is 18.9 Å². The Labute approximate surface area is 113 Å². The van der Waals surface area contributed by atoms with E-state index in [4.69, 9.17) is 9.63 Å². The van der Waals surface area contributed by atoms with Crippen LogP contribution in [-0.4, -0.2) is 47.1 Å². The number of carbonyl (C=O) groups is 1. The number of anilines is 1. The number of aliphatic hydroxyl groups is 1. The SMILES string of the molecule is CCc1noc(C)c1NC(=O)N(C)CC(O)C(F)(F)F. The normalized spacial score (nSPS) is 13.2. The molecule has 0 aliphatic rings. The summed E-state index contributed by atoms with van der Waals surface area (Å²) in [6, 6.07) is -0.783. The molecule has 20 heavy (non-hydrogen) atoms. The third-order valence-electron chi connectivity index (χ3n) is 2.67. The van der Waals surface area contributed by atoms with Crippen LogP contribution in [0.1, 0.15) is 18.4 Å². The predicted molar refractivity (Wildman–Crippen MR) is 64.3 cm³/mol. The number of hydrogen-bond donors (Lipinski definition) is 2. The Kier molecular flexibility index (Phi) is 4.98. The van der Waals surface area contributed by atoms with Gasteiger partial charge in [0.05, 0.1) is 6.54 Å². The maximum Gasteiger partial charge on any atom is 0.416 e. The van der Waals surface area contributed by atoms with Crippen LogP contribution in [0.25, 0.3) is 0 Å². The number of aryl methyl sites for hydroxylation is 2. The molecule has 0 aliphatic heterocycles. The highest BCUT2D eigenvalue weighted by Crippen LogP contribution is 2.22. The number of carbonyl (C=O) groups excluding carboxylic acids is 1. The van der Waals surface area contributed by atoms with Crippen molar-refractivity contribution in [3.63, 3.8) is 0 Å². The molecule has 1 aromatic rings. The molecule has 6 nitrogen and oxygen atoms in total. The van der Waals surface area contributed by atoms with Gasteiger partial charge in [0.2, 0.25) is 0 Å². The van der Waals surface area contributed by atoms with E-state index in [1.807, 2.05) is 0 Å². The number of urea groups is 1. The monoisotopic (exact) mass is 295 g/mol. The number of rotatable bonds is 4. The molecule has 1 atom stereocenters. The second kappa shape index (κ2) is 6.12. The fraction of sp³-hybridized carbons (Fsp3) is 0.636. The van der Waals surface area contributed by atoms with Gasteiger partial charge < -0.3 is 19.8 Å². The first-order chi connectivity index (χ1) is 9.16.